The first-order valence-electron chi connectivity index (χ1n) is 3.88. The second-order valence-corrected chi connectivity index (χ2v) is 3.13. The molecule has 0 aliphatic carbocycles. The quantitative estimate of drug-likeness (QED) is 0.714. The van der Waals surface area contributed by atoms with Crippen LogP contribution in [-0.4, -0.2) is 12.8 Å². The summed E-state index contributed by atoms with van der Waals surface area (Å²) in [5.41, 5.74) is 0.201. The molecular formula is C10H6ClF3O. The maximum Gasteiger partial charge on any atom is 0.422 e. The van der Waals surface area contributed by atoms with Crippen molar-refractivity contribution in [1.29, 1.82) is 0 Å². The van der Waals surface area contributed by atoms with Crippen LogP contribution < -0.4 is 4.74 Å². The van der Waals surface area contributed by atoms with E-state index in [1.54, 1.807) is 0 Å². The van der Waals surface area contributed by atoms with Crippen LogP contribution in [0.2, 0.25) is 5.02 Å². The minimum absolute atomic E-state index is 0.000718. The summed E-state index contributed by atoms with van der Waals surface area (Å²) in [5.74, 6) is 2.20. The smallest absolute Gasteiger partial charge is 0.422 e. The first kappa shape index (κ1) is 11.7. The SMILES string of the molecule is C#Cc1cc(Cl)ccc1OCC(F)(F)F. The summed E-state index contributed by atoms with van der Waals surface area (Å²) in [6.45, 7) is -1.37. The summed E-state index contributed by atoms with van der Waals surface area (Å²) in [6, 6.07) is 4.09. The highest BCUT2D eigenvalue weighted by Crippen LogP contribution is 2.24. The van der Waals surface area contributed by atoms with E-state index < -0.39 is 12.8 Å². The van der Waals surface area contributed by atoms with Crippen LogP contribution in [0.5, 0.6) is 5.75 Å². The Balaban J connectivity index is 2.82. The lowest BCUT2D eigenvalue weighted by molar-refractivity contribution is -0.153. The van der Waals surface area contributed by atoms with Gasteiger partial charge in [0.2, 0.25) is 0 Å². The van der Waals surface area contributed by atoms with Gasteiger partial charge in [-0.2, -0.15) is 13.2 Å². The first-order valence-corrected chi connectivity index (χ1v) is 4.26. The number of hydrogen-bond donors (Lipinski definition) is 0. The standard InChI is InChI=1S/C10H6ClF3O/c1-2-7-5-8(11)3-4-9(7)15-6-10(12,13)14/h1,3-5H,6H2. The summed E-state index contributed by atoms with van der Waals surface area (Å²) in [4.78, 5) is 0. The largest absolute Gasteiger partial charge is 0.483 e. The van der Waals surface area contributed by atoms with Gasteiger partial charge in [0.25, 0.3) is 0 Å². The van der Waals surface area contributed by atoms with E-state index in [0.29, 0.717) is 5.02 Å². The van der Waals surface area contributed by atoms with Gasteiger partial charge >= 0.3 is 6.18 Å². The Labute approximate surface area is 89.8 Å². The maximum absolute atomic E-state index is 11.9. The molecule has 15 heavy (non-hydrogen) atoms. The highest BCUT2D eigenvalue weighted by molar-refractivity contribution is 6.30. The molecule has 0 N–H and O–H groups in total. The highest BCUT2D eigenvalue weighted by atomic mass is 35.5. The molecule has 0 bridgehead atoms. The minimum Gasteiger partial charge on any atom is -0.483 e. The molecule has 1 rings (SSSR count). The minimum atomic E-state index is -4.38. The molecule has 0 unspecified atom stereocenters. The second kappa shape index (κ2) is 4.45. The van der Waals surface area contributed by atoms with Crippen molar-refractivity contribution in [2.45, 2.75) is 6.18 Å². The Morgan fingerprint density at radius 3 is 2.60 bits per heavy atom. The average molecular weight is 235 g/mol. The van der Waals surface area contributed by atoms with Crippen molar-refractivity contribution in [1.82, 2.24) is 0 Å². The number of rotatable bonds is 2. The van der Waals surface area contributed by atoms with E-state index in [9.17, 15) is 13.2 Å². The lowest BCUT2D eigenvalue weighted by Crippen LogP contribution is -2.19. The molecule has 0 fully saturated rings. The van der Waals surface area contributed by atoms with Crippen molar-refractivity contribution in [3.05, 3.63) is 28.8 Å². The molecule has 0 saturated heterocycles. The van der Waals surface area contributed by atoms with Crippen LogP contribution >= 0.6 is 11.6 Å². The predicted molar refractivity (Wildman–Crippen MR) is 50.9 cm³/mol. The van der Waals surface area contributed by atoms with Gasteiger partial charge in [-0.05, 0) is 18.2 Å². The number of ether oxygens (including phenoxy) is 1. The van der Waals surface area contributed by atoms with Gasteiger partial charge in [0.05, 0.1) is 5.56 Å². The molecule has 1 aromatic rings. The molecule has 0 saturated carbocycles. The highest BCUT2D eigenvalue weighted by Gasteiger charge is 2.28. The Bertz CT molecular complexity index is 393. The van der Waals surface area contributed by atoms with Crippen LogP contribution in [0.15, 0.2) is 18.2 Å². The van der Waals surface area contributed by atoms with E-state index in [4.69, 9.17) is 18.0 Å². The van der Waals surface area contributed by atoms with Crippen LogP contribution in [0.25, 0.3) is 0 Å². The van der Waals surface area contributed by atoms with E-state index in [0.717, 1.165) is 0 Å². The predicted octanol–water partition coefficient (Wildman–Crippen LogP) is 3.26. The zero-order valence-electron chi connectivity index (χ0n) is 7.44. The van der Waals surface area contributed by atoms with Gasteiger partial charge in [-0.1, -0.05) is 17.5 Å². The fourth-order valence-electron chi connectivity index (χ4n) is 0.900. The monoisotopic (exact) mass is 234 g/mol. The third kappa shape index (κ3) is 3.72. The third-order valence-corrected chi connectivity index (χ3v) is 1.72. The maximum atomic E-state index is 11.9. The van der Waals surface area contributed by atoms with Gasteiger partial charge < -0.3 is 4.74 Å². The number of hydrogen-bond acceptors (Lipinski definition) is 1. The van der Waals surface area contributed by atoms with Crippen LogP contribution in [0.4, 0.5) is 13.2 Å². The molecule has 1 aromatic carbocycles. The molecule has 0 aliphatic heterocycles. The van der Waals surface area contributed by atoms with E-state index in [2.05, 4.69) is 10.7 Å². The van der Waals surface area contributed by atoms with Crippen molar-refractivity contribution in [2.75, 3.05) is 6.61 Å². The van der Waals surface area contributed by atoms with Gasteiger partial charge in [-0.25, -0.2) is 0 Å². The van der Waals surface area contributed by atoms with Crippen molar-refractivity contribution < 1.29 is 17.9 Å². The Kier molecular flexibility index (Phi) is 3.48. The third-order valence-electron chi connectivity index (χ3n) is 1.49. The average Bonchev–Trinajstić information content (AvgIpc) is 2.14. The van der Waals surface area contributed by atoms with Crippen LogP contribution in [0, 0.1) is 12.3 Å². The molecule has 0 aromatic heterocycles. The van der Waals surface area contributed by atoms with Gasteiger partial charge in [-0.15, -0.1) is 6.42 Å². The number of alkyl halides is 3. The number of terminal acetylenes is 1. The normalized spacial score (nSPS) is 10.9. The summed E-state index contributed by atoms with van der Waals surface area (Å²) >= 11 is 5.61. The molecule has 0 heterocycles. The van der Waals surface area contributed by atoms with Crippen molar-refractivity contribution >= 4 is 11.6 Å². The van der Waals surface area contributed by atoms with Crippen LogP contribution in [0.3, 0.4) is 0 Å². The fraction of sp³-hybridized carbons (Fsp3) is 0.200. The molecule has 0 amide bonds. The van der Waals surface area contributed by atoms with Crippen molar-refractivity contribution in [3.63, 3.8) is 0 Å². The van der Waals surface area contributed by atoms with Gasteiger partial charge in [0, 0.05) is 5.02 Å². The number of benzene rings is 1. The summed E-state index contributed by atoms with van der Waals surface area (Å²) in [6.07, 6.45) is 0.706. The van der Waals surface area contributed by atoms with E-state index >= 15 is 0 Å². The lowest BCUT2D eigenvalue weighted by Gasteiger charge is -2.10. The second-order valence-electron chi connectivity index (χ2n) is 2.69. The number of halogens is 4. The van der Waals surface area contributed by atoms with E-state index in [1.165, 1.54) is 18.2 Å². The zero-order valence-corrected chi connectivity index (χ0v) is 8.19. The molecular weight excluding hydrogens is 229 g/mol. The molecule has 0 spiro atoms. The summed E-state index contributed by atoms with van der Waals surface area (Å²) < 4.78 is 40.1. The van der Waals surface area contributed by atoms with Crippen molar-refractivity contribution in [2.24, 2.45) is 0 Å². The Morgan fingerprint density at radius 1 is 1.40 bits per heavy atom. The van der Waals surface area contributed by atoms with Gasteiger partial charge in [-0.3, -0.25) is 0 Å². The lowest BCUT2D eigenvalue weighted by atomic mass is 10.2. The molecule has 0 radical (unpaired) electrons. The van der Waals surface area contributed by atoms with Gasteiger partial charge in [0.1, 0.15) is 5.75 Å². The van der Waals surface area contributed by atoms with Crippen LogP contribution in [0.1, 0.15) is 5.56 Å². The first-order chi connectivity index (χ1) is 6.92. The summed E-state index contributed by atoms with van der Waals surface area (Å²) in [7, 11) is 0. The van der Waals surface area contributed by atoms with Gasteiger partial charge in [0.15, 0.2) is 6.61 Å². The topological polar surface area (TPSA) is 9.23 Å². The molecule has 0 atom stereocenters. The Morgan fingerprint density at radius 2 is 2.07 bits per heavy atom. The van der Waals surface area contributed by atoms with E-state index in [1.807, 2.05) is 0 Å². The van der Waals surface area contributed by atoms with E-state index in [-0.39, 0.29) is 11.3 Å². The fourth-order valence-corrected chi connectivity index (χ4v) is 1.07. The molecule has 80 valence electrons. The van der Waals surface area contributed by atoms with Crippen molar-refractivity contribution in [3.8, 4) is 18.1 Å². The molecule has 1 nitrogen and oxygen atoms in total. The molecule has 5 heteroatoms. The Hall–Kier alpha value is -1.34. The molecule has 0 aliphatic rings. The summed E-state index contributed by atoms with van der Waals surface area (Å²) in [5, 5.41) is 0.349. The van der Waals surface area contributed by atoms with Crippen LogP contribution in [-0.2, 0) is 0 Å². The zero-order chi connectivity index (χ0) is 11.5.